The molecule has 0 aliphatic rings. The van der Waals surface area contributed by atoms with Crippen molar-refractivity contribution in [1.82, 2.24) is 0 Å². The van der Waals surface area contributed by atoms with Gasteiger partial charge in [-0.1, -0.05) is 274 Å². The molecule has 22 aromatic rings. The largest absolute Gasteiger partial charge is 0.456 e. The van der Waals surface area contributed by atoms with E-state index in [9.17, 15) is 0 Å². The quantitative estimate of drug-likeness (QED) is 0.131. The highest BCUT2D eigenvalue weighted by atomic mass is 35.5. The Kier molecular flexibility index (Phi) is 20.4. The first kappa shape index (κ1) is 79.2. The van der Waals surface area contributed by atoms with Crippen LogP contribution in [0.2, 0.25) is 10.0 Å². The van der Waals surface area contributed by atoms with Gasteiger partial charge in [0.25, 0.3) is 0 Å². The highest BCUT2D eigenvalue weighted by Gasteiger charge is 2.24. The molecule has 0 bridgehead atoms. The third-order valence-corrected chi connectivity index (χ3v) is 24.6. The summed E-state index contributed by atoms with van der Waals surface area (Å²) in [6.07, 6.45) is 0. The van der Waals surface area contributed by atoms with E-state index in [2.05, 4.69) is 417 Å². The Morgan fingerprint density at radius 2 is 0.416 bits per heavy atom. The van der Waals surface area contributed by atoms with Gasteiger partial charge in [-0.2, -0.15) is 0 Å². The molecule has 125 heavy (non-hydrogen) atoms. The minimum Gasteiger partial charge on any atom is -0.456 e. The minimum absolute atomic E-state index is 0.0511. The van der Waals surface area contributed by atoms with Crippen molar-refractivity contribution < 1.29 is 17.7 Å². The Morgan fingerprint density at radius 3 is 0.704 bits per heavy atom. The van der Waals surface area contributed by atoms with E-state index < -0.39 is 0 Å². The highest BCUT2D eigenvalue weighted by molar-refractivity contribution is 6.32. The Balaban J connectivity index is 0.000000145. The average molecular weight is 1660 g/mol. The van der Waals surface area contributed by atoms with E-state index in [1.807, 2.05) is 42.5 Å². The van der Waals surface area contributed by atoms with Gasteiger partial charge in [-0.15, -0.1) is 0 Å². The molecule has 0 fully saturated rings. The molecule has 0 saturated carbocycles. The van der Waals surface area contributed by atoms with Crippen LogP contribution < -0.4 is 15.1 Å². The molecule has 0 saturated heterocycles. The van der Waals surface area contributed by atoms with Crippen LogP contribution in [0.15, 0.2) is 400 Å². The van der Waals surface area contributed by atoms with Crippen molar-refractivity contribution in [2.24, 2.45) is 0 Å². The molecule has 4 heterocycles. The molecule has 18 aromatic carbocycles. The monoisotopic (exact) mass is 1660 g/mol. The minimum atomic E-state index is 0.0511. The highest BCUT2D eigenvalue weighted by Crippen LogP contribution is 2.46. The van der Waals surface area contributed by atoms with Gasteiger partial charge in [-0.3, -0.25) is 0 Å². The number of hydrogen-bond donors (Lipinski definition) is 1. The summed E-state index contributed by atoms with van der Waals surface area (Å²) in [6.45, 7) is 20.3. The molecule has 608 valence electrons. The molecule has 0 aliphatic carbocycles. The second-order valence-electron chi connectivity index (χ2n) is 35.7. The van der Waals surface area contributed by atoms with Gasteiger partial charge in [0, 0.05) is 123 Å². The van der Waals surface area contributed by atoms with Crippen molar-refractivity contribution in [3.63, 3.8) is 0 Å². The summed E-state index contributed by atoms with van der Waals surface area (Å²) in [4.78, 5) is 4.64. The molecule has 22 rings (SSSR count). The lowest BCUT2D eigenvalue weighted by Gasteiger charge is -2.27. The molecular weight excluding hydrogens is 1570 g/mol. The average Bonchev–Trinajstić information content (AvgIpc) is 1.60. The SMILES string of the molecule is CC(C)(C)c1ccc(-c2ccc(Nc3ccc(-c4ccccc4)cc3)cc2)cc1.CC(C)(C)c1ccc(N(c2ccc(-c3ccccc3)cc2)c2ccc3c(c2)oc2cc4cc5oc6cc(N(c7ccc(-c8ccccc8)cc7)c7ccc(C(C)(C)C)cc7)ccc6c5cc4cc23)cc1.Clc1ccc2c(c1)oc1cc3cc4oc5cc(Cl)ccc5c4cc3cc12. The molecule has 7 nitrogen and oxygen atoms in total. The van der Waals surface area contributed by atoms with Crippen molar-refractivity contribution in [3.05, 3.63) is 409 Å². The molecule has 0 atom stereocenters. The lowest BCUT2D eigenvalue weighted by molar-refractivity contribution is 0.590. The van der Waals surface area contributed by atoms with Gasteiger partial charge in [-0.25, -0.2) is 0 Å². The molecule has 9 heteroatoms. The molecule has 0 aliphatic heterocycles. The van der Waals surface area contributed by atoms with Crippen molar-refractivity contribution in [1.29, 1.82) is 0 Å². The number of anilines is 8. The number of rotatable bonds is 12. The molecule has 1 N–H and O–H groups in total. The molecule has 0 unspecified atom stereocenters. The summed E-state index contributed by atoms with van der Waals surface area (Å²) in [7, 11) is 0. The number of nitrogens with zero attached hydrogens (tertiary/aromatic N) is 2. The smallest absolute Gasteiger partial charge is 0.137 e. The zero-order valence-corrected chi connectivity index (χ0v) is 72.7. The number of hydrogen-bond acceptors (Lipinski definition) is 7. The maximum atomic E-state index is 6.76. The van der Waals surface area contributed by atoms with Crippen LogP contribution in [-0.4, -0.2) is 0 Å². The first-order valence-electron chi connectivity index (χ1n) is 42.7. The van der Waals surface area contributed by atoms with E-state index in [1.54, 1.807) is 0 Å². The lowest BCUT2D eigenvalue weighted by Crippen LogP contribution is -2.13. The van der Waals surface area contributed by atoms with E-state index in [-0.39, 0.29) is 16.2 Å². The maximum absolute atomic E-state index is 6.76. The van der Waals surface area contributed by atoms with E-state index >= 15 is 0 Å². The Morgan fingerprint density at radius 1 is 0.200 bits per heavy atom. The molecule has 0 spiro atoms. The fourth-order valence-corrected chi connectivity index (χ4v) is 17.5. The van der Waals surface area contributed by atoms with Gasteiger partial charge in [0.1, 0.15) is 44.7 Å². The standard InChI is InChI=1S/C66H54N2O2.C28H27N.C22H10Cl2O2/c1-65(2,3)49-21-29-53(30-22-49)67(51-25-17-45(18-26-51)43-13-9-7-10-14-43)55-33-35-57-59-37-47-38-60-58-36-34-56(42-64(58)70-62(60)40-48(47)39-61(59)69-63(57)41-55)68(54-31-23-50(24-32-54)66(4,5)6)52-27-19-46(20-28-52)44-15-11-8-12-16-44;1-28(2,3)25-15-9-22(10-16-25)24-13-19-27(20-14-24)29-26-17-11-23(12-18-26)21-7-5-4-6-8-21;23-13-1-3-15-17-5-11-6-18-16-4-2-14(24)10-22(16)26-20(18)8-12(11)7-19(17)25-21(15)9-13/h7-42H,1-6H3;4-20,29H,1-3H3;1-10H. The van der Waals surface area contributed by atoms with Crippen LogP contribution in [0.25, 0.3) is 154 Å². The van der Waals surface area contributed by atoms with Crippen LogP contribution in [0.5, 0.6) is 0 Å². The number of halogens is 2. The third-order valence-electron chi connectivity index (χ3n) is 24.1. The second kappa shape index (κ2) is 32.2. The molecule has 0 amide bonds. The normalized spacial score (nSPS) is 12.0. The van der Waals surface area contributed by atoms with Crippen molar-refractivity contribution in [2.75, 3.05) is 15.1 Å². The van der Waals surface area contributed by atoms with Gasteiger partial charge in [-0.05, 0) is 269 Å². The second-order valence-corrected chi connectivity index (χ2v) is 36.6. The molecule has 0 radical (unpaired) electrons. The summed E-state index contributed by atoms with van der Waals surface area (Å²) in [5.41, 5.74) is 29.2. The van der Waals surface area contributed by atoms with E-state index in [0.29, 0.717) is 10.0 Å². The molecule has 4 aromatic heterocycles. The van der Waals surface area contributed by atoms with Crippen molar-refractivity contribution >= 4 is 178 Å². The predicted octanol–water partition coefficient (Wildman–Crippen LogP) is 35.5. The first-order valence-corrected chi connectivity index (χ1v) is 43.4. The zero-order valence-electron chi connectivity index (χ0n) is 71.2. The van der Waals surface area contributed by atoms with E-state index in [1.165, 1.54) is 61.2 Å². The lowest BCUT2D eigenvalue weighted by atomic mass is 9.86. The van der Waals surface area contributed by atoms with E-state index in [0.717, 1.165) is 155 Å². The van der Waals surface area contributed by atoms with Crippen LogP contribution >= 0.6 is 23.2 Å². The Labute approximate surface area is 737 Å². The first-order chi connectivity index (χ1) is 60.5. The number of fused-ring (bicyclic) bond motifs is 14. The van der Waals surface area contributed by atoms with Gasteiger partial charge < -0.3 is 32.8 Å². The van der Waals surface area contributed by atoms with Gasteiger partial charge in [0.15, 0.2) is 0 Å². The number of furan rings is 4. The summed E-state index contributed by atoms with van der Waals surface area (Å²) < 4.78 is 25.5. The Bertz CT molecular complexity index is 7390. The summed E-state index contributed by atoms with van der Waals surface area (Å²) >= 11 is 12.2. The maximum Gasteiger partial charge on any atom is 0.137 e. The van der Waals surface area contributed by atoms with Crippen LogP contribution in [0.4, 0.5) is 45.5 Å². The number of benzene rings is 18. The zero-order chi connectivity index (χ0) is 85.4. The van der Waals surface area contributed by atoms with Crippen molar-refractivity contribution in [2.45, 2.75) is 78.6 Å². The third kappa shape index (κ3) is 16.0. The fourth-order valence-electron chi connectivity index (χ4n) is 17.2. The van der Waals surface area contributed by atoms with E-state index in [4.69, 9.17) is 40.9 Å². The molecular formula is C116H91Cl2N3O4. The van der Waals surface area contributed by atoms with Gasteiger partial charge in [0.05, 0.1) is 0 Å². The van der Waals surface area contributed by atoms with Crippen LogP contribution in [-0.2, 0) is 16.2 Å². The van der Waals surface area contributed by atoms with Crippen LogP contribution in [0.3, 0.4) is 0 Å². The summed E-state index contributed by atoms with van der Waals surface area (Å²) in [5, 5.41) is 17.9. The van der Waals surface area contributed by atoms with Gasteiger partial charge in [0.2, 0.25) is 0 Å². The van der Waals surface area contributed by atoms with Gasteiger partial charge >= 0.3 is 0 Å². The van der Waals surface area contributed by atoms with Crippen LogP contribution in [0.1, 0.15) is 79.0 Å². The predicted molar refractivity (Wildman–Crippen MR) is 530 cm³/mol. The van der Waals surface area contributed by atoms with Crippen LogP contribution in [0, 0.1) is 0 Å². The topological polar surface area (TPSA) is 71.1 Å². The fraction of sp³-hybridized carbons (Fsp3) is 0.103. The van der Waals surface area contributed by atoms with Crippen molar-refractivity contribution in [3.8, 4) is 44.5 Å². The summed E-state index contributed by atoms with van der Waals surface area (Å²) in [5.74, 6) is 0. The Hall–Kier alpha value is -14.3. The summed E-state index contributed by atoms with van der Waals surface area (Å²) in [6, 6.07) is 135. The number of nitrogens with one attached hydrogen (secondary N) is 1.